The van der Waals surface area contributed by atoms with Crippen molar-refractivity contribution < 1.29 is 14.5 Å². The van der Waals surface area contributed by atoms with Gasteiger partial charge >= 0.3 is 5.97 Å². The largest absolute Gasteiger partial charge is 0.465 e. The van der Waals surface area contributed by atoms with Crippen molar-refractivity contribution in [3.05, 3.63) is 33.4 Å². The summed E-state index contributed by atoms with van der Waals surface area (Å²) in [6.45, 7) is 3.69. The Hall–Kier alpha value is -2.11. The first-order valence-electron chi connectivity index (χ1n) is 7.65. The molecule has 0 amide bonds. The molecular weight excluding hydrogens is 284 g/mol. The molecule has 2 rings (SSSR count). The van der Waals surface area contributed by atoms with Crippen molar-refractivity contribution in [2.45, 2.75) is 51.4 Å². The van der Waals surface area contributed by atoms with Gasteiger partial charge in [-0.15, -0.1) is 0 Å². The Balaban J connectivity index is 2.60. The molecule has 6 heteroatoms. The van der Waals surface area contributed by atoms with Gasteiger partial charge in [0.25, 0.3) is 5.69 Å². The van der Waals surface area contributed by atoms with Gasteiger partial charge in [0, 0.05) is 5.56 Å². The number of anilines is 1. The summed E-state index contributed by atoms with van der Waals surface area (Å²) in [5, 5.41) is 11.3. The van der Waals surface area contributed by atoms with Gasteiger partial charge in [0.05, 0.1) is 16.9 Å². The number of ether oxygens (including phenoxy) is 1. The Morgan fingerprint density at radius 3 is 2.55 bits per heavy atom. The predicted octanol–water partition coefficient (Wildman–Crippen LogP) is 3.25. The average molecular weight is 306 g/mol. The van der Waals surface area contributed by atoms with Gasteiger partial charge in [-0.25, -0.2) is 0 Å². The molecule has 0 bridgehead atoms. The number of nitrogens with zero attached hydrogens (tertiary/aromatic N) is 1. The number of nitrogens with two attached hydrogens (primary N) is 1. The minimum absolute atomic E-state index is 0.0972. The minimum atomic E-state index is -0.850. The van der Waals surface area contributed by atoms with E-state index in [2.05, 4.69) is 0 Å². The molecule has 0 heterocycles. The zero-order chi connectivity index (χ0) is 16.3. The van der Waals surface area contributed by atoms with E-state index in [1.807, 2.05) is 0 Å². The van der Waals surface area contributed by atoms with Crippen LogP contribution in [0.15, 0.2) is 12.1 Å². The zero-order valence-electron chi connectivity index (χ0n) is 13.1. The summed E-state index contributed by atoms with van der Waals surface area (Å²) in [5.74, 6) is -0.320. The molecular formula is C16H22N2O4. The van der Waals surface area contributed by atoms with Crippen LogP contribution in [0.1, 0.15) is 50.2 Å². The molecule has 6 nitrogen and oxygen atoms in total. The minimum Gasteiger partial charge on any atom is -0.465 e. The number of nitro benzene ring substituents is 1. The Kier molecular flexibility index (Phi) is 4.68. The van der Waals surface area contributed by atoms with Crippen molar-refractivity contribution in [2.75, 3.05) is 12.3 Å². The van der Waals surface area contributed by atoms with E-state index in [1.54, 1.807) is 26.0 Å². The van der Waals surface area contributed by atoms with Crippen LogP contribution in [0, 0.1) is 17.0 Å². The summed E-state index contributed by atoms with van der Waals surface area (Å²) < 4.78 is 5.26. The second-order valence-corrected chi connectivity index (χ2v) is 5.81. The highest BCUT2D eigenvalue weighted by Gasteiger charge is 2.45. The van der Waals surface area contributed by atoms with Gasteiger partial charge in [-0.2, -0.15) is 0 Å². The van der Waals surface area contributed by atoms with Crippen LogP contribution in [0.3, 0.4) is 0 Å². The maximum atomic E-state index is 12.6. The number of aryl methyl sites for hydroxylation is 1. The number of rotatable bonds is 4. The van der Waals surface area contributed by atoms with E-state index in [0.717, 1.165) is 19.3 Å². The second kappa shape index (κ2) is 6.34. The molecule has 0 spiro atoms. The number of carbonyl (C=O) groups excluding carboxylic acids is 1. The van der Waals surface area contributed by atoms with E-state index in [0.29, 0.717) is 24.0 Å². The lowest BCUT2D eigenvalue weighted by Crippen LogP contribution is -2.40. The normalized spacial score (nSPS) is 17.0. The molecule has 1 aromatic carbocycles. The van der Waals surface area contributed by atoms with Crippen molar-refractivity contribution in [3.63, 3.8) is 0 Å². The van der Waals surface area contributed by atoms with Crippen molar-refractivity contribution in [3.8, 4) is 0 Å². The maximum Gasteiger partial charge on any atom is 0.316 e. The van der Waals surface area contributed by atoms with E-state index in [1.165, 1.54) is 0 Å². The summed E-state index contributed by atoms with van der Waals surface area (Å²) in [7, 11) is 0. The summed E-state index contributed by atoms with van der Waals surface area (Å²) in [6, 6.07) is 3.42. The van der Waals surface area contributed by atoms with Crippen LogP contribution in [0.25, 0.3) is 0 Å². The number of hydrogen-bond acceptors (Lipinski definition) is 5. The predicted molar refractivity (Wildman–Crippen MR) is 83.6 cm³/mol. The fourth-order valence-corrected chi connectivity index (χ4v) is 3.38. The number of carbonyl (C=O) groups is 1. The lowest BCUT2D eigenvalue weighted by Gasteiger charge is -2.36. The summed E-state index contributed by atoms with van der Waals surface area (Å²) in [6.07, 6.45) is 4.07. The summed E-state index contributed by atoms with van der Waals surface area (Å²) in [5.41, 5.74) is 6.27. The monoisotopic (exact) mass is 306 g/mol. The van der Waals surface area contributed by atoms with Gasteiger partial charge in [0.2, 0.25) is 0 Å². The highest BCUT2D eigenvalue weighted by atomic mass is 16.6. The fourth-order valence-electron chi connectivity index (χ4n) is 3.38. The molecule has 0 aromatic heterocycles. The zero-order valence-corrected chi connectivity index (χ0v) is 13.1. The van der Waals surface area contributed by atoms with Crippen LogP contribution in [-0.2, 0) is 14.9 Å². The second-order valence-electron chi connectivity index (χ2n) is 5.81. The van der Waals surface area contributed by atoms with Crippen LogP contribution >= 0.6 is 0 Å². The molecule has 0 aliphatic heterocycles. The molecule has 120 valence electrons. The van der Waals surface area contributed by atoms with Crippen molar-refractivity contribution in [1.82, 2.24) is 0 Å². The SMILES string of the molecule is CCOC(=O)C1(c2ccc(C)c([N+](=O)[O-])c2N)CCCCC1. The van der Waals surface area contributed by atoms with Crippen LogP contribution < -0.4 is 5.73 Å². The van der Waals surface area contributed by atoms with E-state index >= 15 is 0 Å². The smallest absolute Gasteiger partial charge is 0.316 e. The number of nitrogen functional groups attached to an aromatic ring is 1. The Morgan fingerprint density at radius 1 is 1.36 bits per heavy atom. The molecule has 0 radical (unpaired) electrons. The Bertz CT molecular complexity index is 592. The first-order valence-corrected chi connectivity index (χ1v) is 7.65. The topological polar surface area (TPSA) is 95.5 Å². The third-order valence-corrected chi connectivity index (χ3v) is 4.49. The Labute approximate surface area is 129 Å². The average Bonchev–Trinajstić information content (AvgIpc) is 2.48. The van der Waals surface area contributed by atoms with Crippen molar-refractivity contribution >= 4 is 17.3 Å². The van der Waals surface area contributed by atoms with E-state index in [-0.39, 0.29) is 24.0 Å². The number of hydrogen-bond donors (Lipinski definition) is 1. The molecule has 1 aliphatic rings. The van der Waals surface area contributed by atoms with E-state index in [4.69, 9.17) is 10.5 Å². The molecule has 1 aromatic rings. The quantitative estimate of drug-likeness (QED) is 0.398. The highest BCUT2D eigenvalue weighted by Crippen LogP contribution is 2.45. The molecule has 1 aliphatic carbocycles. The lowest BCUT2D eigenvalue weighted by atomic mass is 9.68. The maximum absolute atomic E-state index is 12.6. The standard InChI is InChI=1S/C16H22N2O4/c1-3-22-15(19)16(9-5-4-6-10-16)12-8-7-11(2)14(13(12)17)18(20)21/h7-8H,3-6,9-10,17H2,1-2H3. The summed E-state index contributed by atoms with van der Waals surface area (Å²) >= 11 is 0. The van der Waals surface area contributed by atoms with Gasteiger partial charge in [-0.05, 0) is 32.3 Å². The molecule has 0 atom stereocenters. The molecule has 0 saturated heterocycles. The molecule has 1 fully saturated rings. The number of benzene rings is 1. The number of nitro groups is 1. The third-order valence-electron chi connectivity index (χ3n) is 4.49. The lowest BCUT2D eigenvalue weighted by molar-refractivity contribution is -0.384. The van der Waals surface area contributed by atoms with Crippen molar-refractivity contribution in [2.24, 2.45) is 0 Å². The van der Waals surface area contributed by atoms with Crippen LogP contribution in [0.5, 0.6) is 0 Å². The third kappa shape index (κ3) is 2.65. The van der Waals surface area contributed by atoms with E-state index < -0.39 is 10.3 Å². The Morgan fingerprint density at radius 2 is 2.00 bits per heavy atom. The van der Waals surface area contributed by atoms with Gasteiger partial charge in [0.15, 0.2) is 0 Å². The van der Waals surface area contributed by atoms with Crippen LogP contribution in [-0.4, -0.2) is 17.5 Å². The first-order chi connectivity index (χ1) is 10.4. The number of esters is 1. The van der Waals surface area contributed by atoms with Gasteiger partial charge < -0.3 is 10.5 Å². The van der Waals surface area contributed by atoms with Gasteiger partial charge in [-0.3, -0.25) is 14.9 Å². The van der Waals surface area contributed by atoms with Gasteiger partial charge in [-0.1, -0.05) is 31.4 Å². The van der Waals surface area contributed by atoms with E-state index in [9.17, 15) is 14.9 Å². The van der Waals surface area contributed by atoms with Gasteiger partial charge in [0.1, 0.15) is 5.69 Å². The van der Waals surface area contributed by atoms with Crippen molar-refractivity contribution in [1.29, 1.82) is 0 Å². The molecule has 1 saturated carbocycles. The van der Waals surface area contributed by atoms with Crippen LogP contribution in [0.4, 0.5) is 11.4 Å². The summed E-state index contributed by atoms with van der Waals surface area (Å²) in [4.78, 5) is 23.4. The fraction of sp³-hybridized carbons (Fsp3) is 0.562. The molecule has 0 unspecified atom stereocenters. The first kappa shape index (κ1) is 16.3. The van der Waals surface area contributed by atoms with Crippen LogP contribution in [0.2, 0.25) is 0 Å². The molecule has 2 N–H and O–H groups in total. The molecule has 22 heavy (non-hydrogen) atoms. The highest BCUT2D eigenvalue weighted by molar-refractivity contribution is 5.87.